The fourth-order valence-electron chi connectivity index (χ4n) is 1.16. The van der Waals surface area contributed by atoms with E-state index in [1.807, 2.05) is 6.26 Å². The van der Waals surface area contributed by atoms with Gasteiger partial charge in [-0.2, -0.15) is 0 Å². The first-order valence-corrected chi connectivity index (χ1v) is 6.70. The predicted octanol–water partition coefficient (Wildman–Crippen LogP) is 3.89. The van der Waals surface area contributed by atoms with E-state index in [0.717, 1.165) is 5.03 Å². The van der Waals surface area contributed by atoms with Crippen molar-refractivity contribution < 1.29 is 9.13 Å². The van der Waals surface area contributed by atoms with E-state index >= 15 is 0 Å². The number of thioether (sulfide) groups is 1. The maximum absolute atomic E-state index is 13.1. The Morgan fingerprint density at radius 1 is 1.29 bits per heavy atom. The monoisotopic (exact) mass is 314 g/mol. The van der Waals surface area contributed by atoms with Gasteiger partial charge in [-0.1, -0.05) is 0 Å². The van der Waals surface area contributed by atoms with Gasteiger partial charge in [-0.25, -0.2) is 14.4 Å². The van der Waals surface area contributed by atoms with E-state index in [4.69, 9.17) is 4.74 Å². The van der Waals surface area contributed by atoms with Gasteiger partial charge in [0.15, 0.2) is 0 Å². The molecule has 0 atom stereocenters. The Morgan fingerprint density at radius 3 is 2.88 bits per heavy atom. The standard InChI is InChI=1S/C11H8BrFN2OS/c1-17-11-5-10(14-6-15-11)16-9-4-7(13)2-3-8(9)12/h2-6H,1H3. The normalized spacial score (nSPS) is 10.3. The molecular weight excluding hydrogens is 307 g/mol. The van der Waals surface area contributed by atoms with E-state index in [1.54, 1.807) is 12.1 Å². The Bertz CT molecular complexity index is 539. The third-order valence-corrected chi connectivity index (χ3v) is 3.23. The van der Waals surface area contributed by atoms with Crippen LogP contribution in [0.3, 0.4) is 0 Å². The predicted molar refractivity (Wildman–Crippen MR) is 68.0 cm³/mol. The first kappa shape index (κ1) is 12.3. The van der Waals surface area contributed by atoms with E-state index in [0.29, 0.717) is 16.1 Å². The lowest BCUT2D eigenvalue weighted by molar-refractivity contribution is 0.451. The van der Waals surface area contributed by atoms with Crippen molar-refractivity contribution in [3.8, 4) is 11.6 Å². The summed E-state index contributed by atoms with van der Waals surface area (Å²) in [6.07, 6.45) is 3.32. The van der Waals surface area contributed by atoms with Crippen LogP contribution in [0.2, 0.25) is 0 Å². The average Bonchev–Trinajstić information content (AvgIpc) is 2.34. The highest BCUT2D eigenvalue weighted by Crippen LogP contribution is 2.30. The van der Waals surface area contributed by atoms with Crippen LogP contribution >= 0.6 is 27.7 Å². The van der Waals surface area contributed by atoms with Crippen LogP contribution < -0.4 is 4.74 Å². The molecular formula is C11H8BrFN2OS. The summed E-state index contributed by atoms with van der Waals surface area (Å²) in [6, 6.07) is 5.93. The van der Waals surface area contributed by atoms with Gasteiger partial charge in [0.2, 0.25) is 5.88 Å². The SMILES string of the molecule is CSc1cc(Oc2cc(F)ccc2Br)ncn1. The van der Waals surface area contributed by atoms with E-state index in [9.17, 15) is 4.39 Å². The number of ether oxygens (including phenoxy) is 1. The van der Waals surface area contributed by atoms with Crippen molar-refractivity contribution >= 4 is 27.7 Å². The molecule has 0 spiro atoms. The van der Waals surface area contributed by atoms with Crippen LogP contribution in [-0.4, -0.2) is 16.2 Å². The Morgan fingerprint density at radius 2 is 2.12 bits per heavy atom. The van der Waals surface area contributed by atoms with Crippen LogP contribution in [0.5, 0.6) is 11.6 Å². The summed E-state index contributed by atoms with van der Waals surface area (Å²) in [6.45, 7) is 0. The zero-order valence-corrected chi connectivity index (χ0v) is 11.3. The summed E-state index contributed by atoms with van der Waals surface area (Å²) >= 11 is 4.77. The van der Waals surface area contributed by atoms with Crippen LogP contribution in [0.25, 0.3) is 0 Å². The Kier molecular flexibility index (Phi) is 3.96. The maximum Gasteiger partial charge on any atom is 0.223 e. The summed E-state index contributed by atoms with van der Waals surface area (Å²) in [4.78, 5) is 7.99. The molecule has 0 bridgehead atoms. The van der Waals surface area contributed by atoms with Crippen molar-refractivity contribution in [1.29, 1.82) is 0 Å². The highest BCUT2D eigenvalue weighted by molar-refractivity contribution is 9.10. The van der Waals surface area contributed by atoms with Crippen molar-refractivity contribution in [2.75, 3.05) is 6.26 Å². The van der Waals surface area contributed by atoms with Gasteiger partial charge in [-0.3, -0.25) is 0 Å². The zero-order chi connectivity index (χ0) is 12.3. The summed E-state index contributed by atoms with van der Waals surface area (Å²) in [5, 5.41) is 0.794. The summed E-state index contributed by atoms with van der Waals surface area (Å²) in [5.74, 6) is 0.411. The average molecular weight is 315 g/mol. The van der Waals surface area contributed by atoms with E-state index in [1.165, 1.54) is 30.2 Å². The van der Waals surface area contributed by atoms with Gasteiger partial charge in [0.25, 0.3) is 0 Å². The Balaban J connectivity index is 2.27. The molecule has 6 heteroatoms. The highest BCUT2D eigenvalue weighted by atomic mass is 79.9. The third-order valence-electron chi connectivity index (χ3n) is 1.93. The first-order valence-electron chi connectivity index (χ1n) is 4.68. The molecule has 1 aromatic heterocycles. The Labute approximate surface area is 111 Å². The van der Waals surface area contributed by atoms with Gasteiger partial charge in [-0.05, 0) is 34.3 Å². The number of halogens is 2. The van der Waals surface area contributed by atoms with Crippen molar-refractivity contribution in [2.24, 2.45) is 0 Å². The molecule has 0 aliphatic carbocycles. The summed E-state index contributed by atoms with van der Waals surface area (Å²) in [7, 11) is 0. The van der Waals surface area contributed by atoms with Crippen molar-refractivity contribution in [1.82, 2.24) is 9.97 Å². The minimum atomic E-state index is -0.359. The van der Waals surface area contributed by atoms with Gasteiger partial charge in [0, 0.05) is 12.1 Å². The molecule has 2 aromatic rings. The summed E-state index contributed by atoms with van der Waals surface area (Å²) < 4.78 is 19.2. The number of hydrogen-bond donors (Lipinski definition) is 0. The fourth-order valence-corrected chi connectivity index (χ4v) is 1.86. The second kappa shape index (κ2) is 5.46. The van der Waals surface area contributed by atoms with Gasteiger partial charge >= 0.3 is 0 Å². The van der Waals surface area contributed by atoms with Crippen LogP contribution in [0.1, 0.15) is 0 Å². The van der Waals surface area contributed by atoms with Gasteiger partial charge < -0.3 is 4.74 Å². The van der Waals surface area contributed by atoms with E-state index < -0.39 is 0 Å². The lowest BCUT2D eigenvalue weighted by atomic mass is 10.3. The van der Waals surface area contributed by atoms with Crippen molar-refractivity contribution in [3.63, 3.8) is 0 Å². The molecule has 0 fully saturated rings. The molecule has 88 valence electrons. The molecule has 0 radical (unpaired) electrons. The smallest absolute Gasteiger partial charge is 0.223 e. The third kappa shape index (κ3) is 3.17. The quantitative estimate of drug-likeness (QED) is 0.636. The van der Waals surface area contributed by atoms with Crippen molar-refractivity contribution in [2.45, 2.75) is 5.03 Å². The maximum atomic E-state index is 13.1. The number of rotatable bonds is 3. The van der Waals surface area contributed by atoms with E-state index in [2.05, 4.69) is 25.9 Å². The molecule has 0 amide bonds. The first-order chi connectivity index (χ1) is 8.19. The molecule has 0 N–H and O–H groups in total. The topological polar surface area (TPSA) is 35.0 Å². The minimum absolute atomic E-state index is 0.359. The number of hydrogen-bond acceptors (Lipinski definition) is 4. The van der Waals surface area contributed by atoms with Crippen LogP contribution in [-0.2, 0) is 0 Å². The molecule has 3 nitrogen and oxygen atoms in total. The van der Waals surface area contributed by atoms with Crippen molar-refractivity contribution in [3.05, 3.63) is 40.9 Å². The molecule has 0 unspecified atom stereocenters. The highest BCUT2D eigenvalue weighted by Gasteiger charge is 2.06. The molecule has 0 saturated carbocycles. The van der Waals surface area contributed by atoms with Crippen LogP contribution in [0.4, 0.5) is 4.39 Å². The van der Waals surface area contributed by atoms with E-state index in [-0.39, 0.29) is 5.82 Å². The largest absolute Gasteiger partial charge is 0.438 e. The van der Waals surface area contributed by atoms with Crippen LogP contribution in [0, 0.1) is 5.82 Å². The molecule has 1 aromatic carbocycles. The molecule has 0 aliphatic rings. The Hall–Kier alpha value is -1.14. The number of nitrogens with zero attached hydrogens (tertiary/aromatic N) is 2. The zero-order valence-electron chi connectivity index (χ0n) is 8.85. The molecule has 0 aliphatic heterocycles. The molecule has 2 rings (SSSR count). The fraction of sp³-hybridized carbons (Fsp3) is 0.0909. The molecule has 1 heterocycles. The van der Waals surface area contributed by atoms with Gasteiger partial charge in [0.05, 0.1) is 4.47 Å². The van der Waals surface area contributed by atoms with Gasteiger partial charge in [-0.15, -0.1) is 11.8 Å². The minimum Gasteiger partial charge on any atom is -0.438 e. The summed E-state index contributed by atoms with van der Waals surface area (Å²) in [5.41, 5.74) is 0. The number of benzene rings is 1. The second-order valence-corrected chi connectivity index (χ2v) is 4.76. The lowest BCUT2D eigenvalue weighted by Crippen LogP contribution is -1.91. The molecule has 17 heavy (non-hydrogen) atoms. The van der Waals surface area contributed by atoms with Crippen LogP contribution in [0.15, 0.2) is 40.1 Å². The number of aromatic nitrogens is 2. The lowest BCUT2D eigenvalue weighted by Gasteiger charge is -2.07. The second-order valence-electron chi connectivity index (χ2n) is 3.08. The molecule has 0 saturated heterocycles. The van der Waals surface area contributed by atoms with Gasteiger partial charge in [0.1, 0.15) is 22.9 Å².